The van der Waals surface area contributed by atoms with Gasteiger partial charge in [-0.3, -0.25) is 0 Å². The zero-order chi connectivity index (χ0) is 8.27. The van der Waals surface area contributed by atoms with Gasteiger partial charge in [-0.25, -0.2) is 0 Å². The predicted molar refractivity (Wildman–Crippen MR) is 54.0 cm³/mol. The lowest BCUT2D eigenvalue weighted by Gasteiger charge is -2.09. The Morgan fingerprint density at radius 2 is 2.36 bits per heavy atom. The molecule has 1 aliphatic carbocycles. The first-order chi connectivity index (χ1) is 5.27. The summed E-state index contributed by atoms with van der Waals surface area (Å²) in [5.74, 6) is 0.742. The van der Waals surface area contributed by atoms with Crippen molar-refractivity contribution in [2.45, 2.75) is 24.7 Å². The first-order valence-electron chi connectivity index (χ1n) is 3.63. The summed E-state index contributed by atoms with van der Waals surface area (Å²) in [5, 5.41) is 3.72. The van der Waals surface area contributed by atoms with Gasteiger partial charge in [0.25, 0.3) is 0 Å². The van der Waals surface area contributed by atoms with Crippen LogP contribution in [-0.2, 0) is 0 Å². The van der Waals surface area contributed by atoms with Crippen LogP contribution in [0.5, 0.6) is 0 Å². The fourth-order valence-corrected chi connectivity index (χ4v) is 2.46. The van der Waals surface area contributed by atoms with E-state index >= 15 is 0 Å². The third kappa shape index (κ3) is 2.27. The molecule has 0 amide bonds. The Balaban J connectivity index is 2.56. The van der Waals surface area contributed by atoms with Gasteiger partial charge >= 0.3 is 0 Å². The van der Waals surface area contributed by atoms with E-state index in [1.807, 2.05) is 0 Å². The Hall–Kier alpha value is 0.105. The van der Waals surface area contributed by atoms with Gasteiger partial charge in [0.15, 0.2) is 0 Å². The Morgan fingerprint density at radius 1 is 1.64 bits per heavy atom. The zero-order valence-corrected chi connectivity index (χ0v) is 8.31. The van der Waals surface area contributed by atoms with Crippen LogP contribution >= 0.6 is 22.6 Å². The van der Waals surface area contributed by atoms with Crippen molar-refractivity contribution in [3.8, 4) is 0 Å². The van der Waals surface area contributed by atoms with Crippen LogP contribution < -0.4 is 0 Å². The maximum atomic E-state index is 8.24. The average Bonchev–Trinajstić information content (AvgIpc) is 2.32. The number of nitrogens with zero attached hydrogens (tertiary/aromatic N) is 3. The van der Waals surface area contributed by atoms with Gasteiger partial charge in [-0.15, -0.1) is 0 Å². The molecule has 2 radical (unpaired) electrons. The molecular formula is C6H9BIN3. The molecule has 0 aromatic rings. The van der Waals surface area contributed by atoms with Crippen LogP contribution in [0, 0.1) is 5.92 Å². The average molecular weight is 261 g/mol. The molecule has 0 bridgehead atoms. The van der Waals surface area contributed by atoms with Gasteiger partial charge in [-0.05, 0) is 17.9 Å². The van der Waals surface area contributed by atoms with E-state index in [2.05, 4.69) is 32.6 Å². The molecule has 5 heteroatoms. The van der Waals surface area contributed by atoms with Crippen LogP contribution in [0.25, 0.3) is 10.4 Å². The summed E-state index contributed by atoms with van der Waals surface area (Å²) in [6, 6.07) is 0.145. The summed E-state index contributed by atoms with van der Waals surface area (Å²) in [5.41, 5.74) is 8.24. The van der Waals surface area contributed by atoms with Gasteiger partial charge < -0.3 is 0 Å². The Labute approximate surface area is 81.1 Å². The topological polar surface area (TPSA) is 48.8 Å². The van der Waals surface area contributed by atoms with Crippen molar-refractivity contribution >= 4 is 30.4 Å². The minimum atomic E-state index is 0.145. The van der Waals surface area contributed by atoms with Crippen LogP contribution in [-0.4, -0.2) is 18.3 Å². The highest BCUT2D eigenvalue weighted by Crippen LogP contribution is 2.36. The molecule has 0 spiro atoms. The normalized spacial score (nSPS) is 36.6. The van der Waals surface area contributed by atoms with Gasteiger partial charge in [0.05, 0.1) is 7.85 Å². The third-order valence-corrected chi connectivity index (χ3v) is 3.22. The summed E-state index contributed by atoms with van der Waals surface area (Å²) in [7, 11) is 5.73. The van der Waals surface area contributed by atoms with E-state index in [9.17, 15) is 0 Å². The van der Waals surface area contributed by atoms with Crippen molar-refractivity contribution in [1.29, 1.82) is 0 Å². The highest BCUT2D eigenvalue weighted by atomic mass is 127. The lowest BCUT2D eigenvalue weighted by molar-refractivity contribution is 0.540. The second kappa shape index (κ2) is 4.21. The zero-order valence-electron chi connectivity index (χ0n) is 6.15. The molecule has 0 aromatic heterocycles. The Kier molecular flexibility index (Phi) is 3.52. The van der Waals surface area contributed by atoms with Gasteiger partial charge in [0.2, 0.25) is 0 Å². The number of hydrogen-bond donors (Lipinski definition) is 0. The molecule has 0 aromatic carbocycles. The Bertz CT molecular complexity index is 181. The van der Waals surface area contributed by atoms with Gasteiger partial charge in [0.1, 0.15) is 0 Å². The minimum absolute atomic E-state index is 0.145. The Morgan fingerprint density at radius 3 is 2.91 bits per heavy atom. The van der Waals surface area contributed by atoms with Crippen molar-refractivity contribution in [3.63, 3.8) is 0 Å². The maximum Gasteiger partial charge on any atom is 0.0699 e. The van der Waals surface area contributed by atoms with Crippen molar-refractivity contribution < 1.29 is 0 Å². The van der Waals surface area contributed by atoms with E-state index in [0.29, 0.717) is 5.92 Å². The van der Waals surface area contributed by atoms with E-state index in [-0.39, 0.29) is 11.9 Å². The largest absolute Gasteiger partial charge is 0.0903 e. The molecule has 1 aliphatic rings. The standard InChI is InChI=1S/C6H9BIN3/c7-5-1-4(3-8)6(2-5)10-11-9/h4-6H,1-3H2. The fraction of sp³-hybridized carbons (Fsp3) is 1.00. The SMILES string of the molecule is [B]C1CC(CI)C(N=[N+]=[N-])C1. The highest BCUT2D eigenvalue weighted by Gasteiger charge is 2.29. The molecule has 1 saturated carbocycles. The van der Waals surface area contributed by atoms with Crippen molar-refractivity contribution in [2.75, 3.05) is 4.43 Å². The van der Waals surface area contributed by atoms with Gasteiger partial charge in [-0.2, -0.15) is 0 Å². The monoisotopic (exact) mass is 261 g/mol. The summed E-state index contributed by atoms with van der Waals surface area (Å²) in [4.78, 5) is 2.82. The second-order valence-corrected chi connectivity index (χ2v) is 3.80. The van der Waals surface area contributed by atoms with Gasteiger partial charge in [0, 0.05) is 15.4 Å². The van der Waals surface area contributed by atoms with Crippen LogP contribution in [0.3, 0.4) is 0 Å². The molecule has 0 saturated heterocycles. The molecule has 1 rings (SSSR count). The van der Waals surface area contributed by atoms with Crippen LogP contribution in [0.1, 0.15) is 12.8 Å². The summed E-state index contributed by atoms with van der Waals surface area (Å²) >= 11 is 2.32. The molecule has 0 heterocycles. The predicted octanol–water partition coefficient (Wildman–Crippen LogP) is 2.47. The lowest BCUT2D eigenvalue weighted by atomic mass is 9.85. The van der Waals surface area contributed by atoms with Crippen LogP contribution in [0.15, 0.2) is 5.11 Å². The molecule has 3 unspecified atom stereocenters. The summed E-state index contributed by atoms with van der Waals surface area (Å²) < 4.78 is 1.04. The van der Waals surface area contributed by atoms with E-state index in [0.717, 1.165) is 17.3 Å². The molecule has 3 nitrogen and oxygen atoms in total. The third-order valence-electron chi connectivity index (χ3n) is 2.09. The molecular weight excluding hydrogens is 252 g/mol. The maximum absolute atomic E-state index is 8.24. The van der Waals surface area contributed by atoms with Crippen LogP contribution in [0.2, 0.25) is 5.82 Å². The quantitative estimate of drug-likeness (QED) is 0.183. The fourth-order valence-electron chi connectivity index (χ4n) is 1.52. The number of rotatable bonds is 2. The number of azide groups is 1. The molecule has 3 atom stereocenters. The molecule has 0 aliphatic heterocycles. The summed E-state index contributed by atoms with van der Waals surface area (Å²) in [6.07, 6.45) is 1.87. The minimum Gasteiger partial charge on any atom is -0.0903 e. The van der Waals surface area contributed by atoms with E-state index in [4.69, 9.17) is 13.4 Å². The van der Waals surface area contributed by atoms with E-state index in [1.165, 1.54) is 0 Å². The van der Waals surface area contributed by atoms with Crippen LogP contribution in [0.4, 0.5) is 0 Å². The first-order valence-corrected chi connectivity index (χ1v) is 5.16. The lowest BCUT2D eigenvalue weighted by Crippen LogP contribution is -2.11. The molecule has 1 fully saturated rings. The van der Waals surface area contributed by atoms with Crippen molar-refractivity contribution in [1.82, 2.24) is 0 Å². The molecule has 58 valence electrons. The number of halogens is 1. The second-order valence-electron chi connectivity index (χ2n) is 2.92. The highest BCUT2D eigenvalue weighted by molar-refractivity contribution is 14.1. The smallest absolute Gasteiger partial charge is 0.0699 e. The first kappa shape index (κ1) is 9.19. The molecule has 11 heavy (non-hydrogen) atoms. The van der Waals surface area contributed by atoms with Crippen molar-refractivity contribution in [2.24, 2.45) is 11.0 Å². The summed E-state index contributed by atoms with van der Waals surface area (Å²) in [6.45, 7) is 0. The van der Waals surface area contributed by atoms with Gasteiger partial charge in [-0.1, -0.05) is 39.9 Å². The van der Waals surface area contributed by atoms with Crippen molar-refractivity contribution in [3.05, 3.63) is 10.4 Å². The number of alkyl halides is 1. The number of hydrogen-bond acceptors (Lipinski definition) is 1. The molecule has 0 N–H and O–H groups in total. The van der Waals surface area contributed by atoms with E-state index in [1.54, 1.807) is 0 Å². The van der Waals surface area contributed by atoms with E-state index < -0.39 is 0 Å².